The Morgan fingerprint density at radius 2 is 2.04 bits per heavy atom. The molecule has 0 bridgehead atoms. The zero-order valence-corrected chi connectivity index (χ0v) is 14.2. The maximum atomic E-state index is 9.37. The lowest BCUT2D eigenvalue weighted by atomic mass is 10.0. The van der Waals surface area contributed by atoms with E-state index < -0.39 is 0 Å². The second kappa shape index (κ2) is 8.27. The van der Waals surface area contributed by atoms with Gasteiger partial charge in [0, 0.05) is 30.1 Å². The topological polar surface area (TPSA) is 94.0 Å². The fourth-order valence-electron chi connectivity index (χ4n) is 2.43. The highest BCUT2D eigenvalue weighted by Crippen LogP contribution is 2.26. The van der Waals surface area contributed by atoms with Crippen molar-refractivity contribution >= 4 is 0 Å². The molecule has 2 unspecified atom stereocenters. The fraction of sp³-hybridized carbons (Fsp3) is 0.389. The molecule has 0 aliphatic carbocycles. The van der Waals surface area contributed by atoms with Crippen molar-refractivity contribution in [3.63, 3.8) is 0 Å². The largest absolute Gasteiger partial charge is 0.481 e. The quantitative estimate of drug-likeness (QED) is 0.841. The Morgan fingerprint density at radius 3 is 2.71 bits per heavy atom. The molecule has 0 radical (unpaired) electrons. The molecular formula is C18H22N4O2. The Kier molecular flexibility index (Phi) is 6.10. The normalized spacial score (nSPS) is 13.0. The summed E-state index contributed by atoms with van der Waals surface area (Å²) in [5.41, 5.74) is 7.87. The summed E-state index contributed by atoms with van der Waals surface area (Å²) in [6.07, 6.45) is 4.19. The van der Waals surface area contributed by atoms with Crippen LogP contribution in [0.3, 0.4) is 0 Å². The lowest BCUT2D eigenvalue weighted by molar-refractivity contribution is 0.238. The Labute approximate surface area is 142 Å². The van der Waals surface area contributed by atoms with E-state index in [4.69, 9.17) is 15.2 Å². The van der Waals surface area contributed by atoms with Crippen LogP contribution in [0.5, 0.6) is 11.8 Å². The number of pyridine rings is 2. The minimum Gasteiger partial charge on any atom is -0.481 e. The predicted octanol–water partition coefficient (Wildman–Crippen LogP) is 2.78. The summed E-state index contributed by atoms with van der Waals surface area (Å²) in [7, 11) is 1.56. The zero-order chi connectivity index (χ0) is 17.5. The van der Waals surface area contributed by atoms with Crippen molar-refractivity contribution in [2.75, 3.05) is 13.7 Å². The van der Waals surface area contributed by atoms with Gasteiger partial charge in [0.2, 0.25) is 11.8 Å². The summed E-state index contributed by atoms with van der Waals surface area (Å²) in [6, 6.07) is 7.65. The first-order chi connectivity index (χ1) is 11.5. The molecule has 6 nitrogen and oxygen atoms in total. The highest BCUT2D eigenvalue weighted by atomic mass is 16.5. The predicted molar refractivity (Wildman–Crippen MR) is 91.7 cm³/mol. The first kappa shape index (κ1) is 17.7. The van der Waals surface area contributed by atoms with Crippen LogP contribution in [0.1, 0.15) is 25.8 Å². The number of nitrogens with zero attached hydrogens (tertiary/aromatic N) is 3. The van der Waals surface area contributed by atoms with Crippen LogP contribution < -0.4 is 15.2 Å². The number of rotatable bonds is 7. The molecule has 0 aliphatic heterocycles. The van der Waals surface area contributed by atoms with Crippen molar-refractivity contribution in [3.05, 3.63) is 36.2 Å². The molecule has 0 amide bonds. The highest BCUT2D eigenvalue weighted by Gasteiger charge is 2.12. The summed E-state index contributed by atoms with van der Waals surface area (Å²) in [4.78, 5) is 8.37. The van der Waals surface area contributed by atoms with Gasteiger partial charge in [0.15, 0.2) is 0 Å². The molecule has 0 saturated carbocycles. The number of aromatic nitrogens is 2. The van der Waals surface area contributed by atoms with E-state index in [2.05, 4.69) is 23.0 Å². The molecule has 0 aromatic carbocycles. The van der Waals surface area contributed by atoms with E-state index in [0.29, 0.717) is 29.8 Å². The van der Waals surface area contributed by atoms with Crippen molar-refractivity contribution in [2.24, 2.45) is 11.7 Å². The minimum absolute atomic E-state index is 0.121. The summed E-state index contributed by atoms with van der Waals surface area (Å²) in [6.45, 7) is 4.51. The van der Waals surface area contributed by atoms with Gasteiger partial charge < -0.3 is 15.2 Å². The molecular weight excluding hydrogens is 304 g/mol. The van der Waals surface area contributed by atoms with Crippen LogP contribution in [0.2, 0.25) is 0 Å². The van der Waals surface area contributed by atoms with E-state index in [9.17, 15) is 5.26 Å². The van der Waals surface area contributed by atoms with Crippen LogP contribution in [0.4, 0.5) is 0 Å². The van der Waals surface area contributed by atoms with Gasteiger partial charge in [0.05, 0.1) is 13.7 Å². The summed E-state index contributed by atoms with van der Waals surface area (Å²) >= 11 is 0. The van der Waals surface area contributed by atoms with Gasteiger partial charge in [-0.3, -0.25) is 0 Å². The van der Waals surface area contributed by atoms with Gasteiger partial charge in [-0.25, -0.2) is 9.97 Å². The van der Waals surface area contributed by atoms with Crippen LogP contribution in [0.25, 0.3) is 11.1 Å². The maximum absolute atomic E-state index is 9.37. The first-order valence-corrected chi connectivity index (χ1v) is 7.82. The summed E-state index contributed by atoms with van der Waals surface area (Å²) in [5.74, 6) is 1.15. The van der Waals surface area contributed by atoms with E-state index in [1.54, 1.807) is 31.6 Å². The molecule has 2 aromatic heterocycles. The van der Waals surface area contributed by atoms with Crippen LogP contribution in [0.15, 0.2) is 30.6 Å². The number of nitrogens with two attached hydrogens (primary N) is 1. The van der Waals surface area contributed by atoms with Gasteiger partial charge in [-0.2, -0.15) is 5.26 Å². The van der Waals surface area contributed by atoms with Crippen LogP contribution in [-0.4, -0.2) is 29.7 Å². The lowest BCUT2D eigenvalue weighted by Gasteiger charge is -2.15. The lowest BCUT2D eigenvalue weighted by Crippen LogP contribution is -2.21. The number of hydrogen-bond acceptors (Lipinski definition) is 6. The van der Waals surface area contributed by atoms with Crippen LogP contribution in [0, 0.1) is 17.2 Å². The molecule has 2 aromatic rings. The third-order valence-corrected chi connectivity index (χ3v) is 3.53. The minimum atomic E-state index is 0.121. The molecule has 126 valence electrons. The molecule has 0 aliphatic rings. The average molecular weight is 326 g/mol. The zero-order valence-electron chi connectivity index (χ0n) is 14.2. The Balaban J connectivity index is 2.17. The van der Waals surface area contributed by atoms with Crippen molar-refractivity contribution < 1.29 is 9.47 Å². The Bertz CT molecular complexity index is 725. The second-order valence-corrected chi connectivity index (χ2v) is 5.90. The van der Waals surface area contributed by atoms with E-state index in [0.717, 1.165) is 17.5 Å². The van der Waals surface area contributed by atoms with Crippen molar-refractivity contribution in [1.29, 1.82) is 5.26 Å². The molecule has 2 rings (SSSR count). The molecule has 0 saturated heterocycles. The monoisotopic (exact) mass is 326 g/mol. The molecule has 0 fully saturated rings. The Hall–Kier alpha value is -2.65. The first-order valence-electron chi connectivity index (χ1n) is 7.82. The van der Waals surface area contributed by atoms with Gasteiger partial charge >= 0.3 is 0 Å². The summed E-state index contributed by atoms with van der Waals surface area (Å²) in [5, 5.41) is 9.37. The van der Waals surface area contributed by atoms with Crippen LogP contribution >= 0.6 is 0 Å². The maximum Gasteiger partial charge on any atom is 0.231 e. The van der Waals surface area contributed by atoms with Crippen molar-refractivity contribution in [1.82, 2.24) is 9.97 Å². The van der Waals surface area contributed by atoms with Crippen molar-refractivity contribution in [2.45, 2.75) is 26.3 Å². The van der Waals surface area contributed by atoms with Gasteiger partial charge in [-0.1, -0.05) is 6.92 Å². The van der Waals surface area contributed by atoms with Gasteiger partial charge in [0.1, 0.15) is 11.6 Å². The number of hydrogen-bond donors (Lipinski definition) is 1. The van der Waals surface area contributed by atoms with Crippen LogP contribution in [-0.2, 0) is 0 Å². The molecule has 2 atom stereocenters. The molecule has 2 N–H and O–H groups in total. The van der Waals surface area contributed by atoms with E-state index in [1.165, 1.54) is 0 Å². The third-order valence-electron chi connectivity index (χ3n) is 3.53. The highest BCUT2D eigenvalue weighted by molar-refractivity contribution is 5.65. The van der Waals surface area contributed by atoms with Gasteiger partial charge in [-0.15, -0.1) is 0 Å². The summed E-state index contributed by atoms with van der Waals surface area (Å²) < 4.78 is 10.8. The number of methoxy groups -OCH3 is 1. The van der Waals surface area contributed by atoms with E-state index >= 15 is 0 Å². The van der Waals surface area contributed by atoms with Gasteiger partial charge in [-0.05, 0) is 37.0 Å². The molecule has 0 spiro atoms. The average Bonchev–Trinajstić information content (AvgIpc) is 2.59. The SMILES string of the molecule is COc1cc(-c2cnc(OCC(C)CC(C)N)c(C#N)c2)ccn1. The number of nitriles is 1. The van der Waals surface area contributed by atoms with E-state index in [1.807, 2.05) is 13.0 Å². The fourth-order valence-corrected chi connectivity index (χ4v) is 2.43. The van der Waals surface area contributed by atoms with Gasteiger partial charge in [0.25, 0.3) is 0 Å². The second-order valence-electron chi connectivity index (χ2n) is 5.90. The Morgan fingerprint density at radius 1 is 1.25 bits per heavy atom. The van der Waals surface area contributed by atoms with Crippen molar-refractivity contribution in [3.8, 4) is 29.0 Å². The smallest absolute Gasteiger partial charge is 0.231 e. The standard InChI is InChI=1S/C18H22N4O2/c1-12(6-13(2)20)11-24-18-15(9-19)7-16(10-22-18)14-4-5-21-17(8-14)23-3/h4-5,7-8,10,12-13H,6,11,20H2,1-3H3. The van der Waals surface area contributed by atoms with E-state index in [-0.39, 0.29) is 6.04 Å². The molecule has 24 heavy (non-hydrogen) atoms. The number of ether oxygens (including phenoxy) is 2. The third kappa shape index (κ3) is 4.67. The molecule has 6 heteroatoms. The molecule has 2 heterocycles.